The van der Waals surface area contributed by atoms with Gasteiger partial charge in [-0.25, -0.2) is 4.79 Å². The van der Waals surface area contributed by atoms with Crippen molar-refractivity contribution in [1.82, 2.24) is 0 Å². The summed E-state index contributed by atoms with van der Waals surface area (Å²) in [6.45, 7) is 15.6. The topological polar surface area (TPSA) is 26.3 Å². The van der Waals surface area contributed by atoms with Gasteiger partial charge in [0.05, 0.1) is 6.61 Å². The fourth-order valence-electron chi connectivity index (χ4n) is 6.37. The molecule has 0 rings (SSSR count). The molecule has 3 atom stereocenters. The third kappa shape index (κ3) is 29.3. The minimum Gasteiger partial charge on any atom is -0.462 e. The second-order valence-corrected chi connectivity index (χ2v) is 14.3. The highest BCUT2D eigenvalue weighted by molar-refractivity contribution is 5.86. The lowest BCUT2D eigenvalue weighted by atomic mass is 9.92. The minimum atomic E-state index is -0.218. The number of carbonyl (C=O) groups is 1. The Labute approximate surface area is 266 Å². The summed E-state index contributed by atoms with van der Waals surface area (Å²) in [5, 5.41) is 0. The van der Waals surface area contributed by atoms with E-state index in [1.807, 2.05) is 0 Å². The number of hydrogen-bond donors (Lipinski definition) is 0. The highest BCUT2D eigenvalue weighted by Crippen LogP contribution is 2.23. The molecule has 0 radical (unpaired) electrons. The van der Waals surface area contributed by atoms with Crippen molar-refractivity contribution < 1.29 is 9.53 Å². The molecule has 0 saturated heterocycles. The average molecular weight is 591 g/mol. The van der Waals surface area contributed by atoms with E-state index in [-0.39, 0.29) is 5.97 Å². The van der Waals surface area contributed by atoms with Gasteiger partial charge in [-0.05, 0) is 37.5 Å². The summed E-state index contributed by atoms with van der Waals surface area (Å²) in [6.07, 6.45) is 38.6. The molecule has 3 unspecified atom stereocenters. The van der Waals surface area contributed by atoms with E-state index in [1.54, 1.807) is 6.92 Å². The normalized spacial score (nSPS) is 13.6. The molecular formula is C40H78O2. The van der Waals surface area contributed by atoms with E-state index in [1.165, 1.54) is 180 Å². The first-order valence-corrected chi connectivity index (χ1v) is 19.2. The van der Waals surface area contributed by atoms with Gasteiger partial charge in [0.2, 0.25) is 0 Å². The Kier molecular flexibility index (Phi) is 31.0. The van der Waals surface area contributed by atoms with E-state index >= 15 is 0 Å². The molecule has 0 aliphatic heterocycles. The molecule has 0 spiro atoms. The van der Waals surface area contributed by atoms with Crippen LogP contribution in [0, 0.1) is 17.8 Å². The molecule has 250 valence electrons. The summed E-state index contributed by atoms with van der Waals surface area (Å²) < 4.78 is 5.60. The van der Waals surface area contributed by atoms with E-state index in [0.29, 0.717) is 18.1 Å². The van der Waals surface area contributed by atoms with Crippen LogP contribution >= 0.6 is 0 Å². The van der Waals surface area contributed by atoms with Gasteiger partial charge in [-0.3, -0.25) is 0 Å². The molecule has 2 nitrogen and oxygen atoms in total. The summed E-state index contributed by atoms with van der Waals surface area (Å²) in [5.41, 5.74) is 0.518. The van der Waals surface area contributed by atoms with Gasteiger partial charge in [-0.15, -0.1) is 0 Å². The summed E-state index contributed by atoms with van der Waals surface area (Å²) in [5.74, 6) is 2.03. The van der Waals surface area contributed by atoms with Crippen LogP contribution in [0.4, 0.5) is 0 Å². The van der Waals surface area contributed by atoms with Gasteiger partial charge in [0.1, 0.15) is 0 Å². The van der Waals surface area contributed by atoms with Gasteiger partial charge in [0, 0.05) is 5.57 Å². The zero-order valence-electron chi connectivity index (χ0n) is 29.8. The number of hydrogen-bond acceptors (Lipinski definition) is 2. The Hall–Kier alpha value is -0.790. The van der Waals surface area contributed by atoms with E-state index in [9.17, 15) is 4.79 Å². The van der Waals surface area contributed by atoms with Crippen LogP contribution in [-0.4, -0.2) is 12.6 Å². The maximum Gasteiger partial charge on any atom is 0.333 e. The van der Waals surface area contributed by atoms with Gasteiger partial charge < -0.3 is 4.74 Å². The van der Waals surface area contributed by atoms with E-state index in [2.05, 4.69) is 34.3 Å². The Bertz CT molecular complexity index is 582. The van der Waals surface area contributed by atoms with Gasteiger partial charge in [0.25, 0.3) is 0 Å². The van der Waals surface area contributed by atoms with Crippen LogP contribution in [0.25, 0.3) is 0 Å². The molecule has 0 aliphatic rings. The highest BCUT2D eigenvalue weighted by Gasteiger charge is 2.13. The fourth-order valence-corrected chi connectivity index (χ4v) is 6.37. The largest absolute Gasteiger partial charge is 0.462 e. The van der Waals surface area contributed by atoms with Crippen molar-refractivity contribution >= 4 is 5.97 Å². The molecule has 0 aromatic rings. The van der Waals surface area contributed by atoms with Crippen molar-refractivity contribution in [2.45, 2.75) is 214 Å². The molecule has 0 fully saturated rings. The van der Waals surface area contributed by atoms with Crippen LogP contribution < -0.4 is 0 Å². The van der Waals surface area contributed by atoms with Gasteiger partial charge in [-0.1, -0.05) is 201 Å². The van der Waals surface area contributed by atoms with Gasteiger partial charge >= 0.3 is 5.97 Å². The van der Waals surface area contributed by atoms with Crippen molar-refractivity contribution in [3.8, 4) is 0 Å². The molecule has 0 heterocycles. The third-order valence-corrected chi connectivity index (χ3v) is 9.52. The average Bonchev–Trinajstić information content (AvgIpc) is 2.97. The Balaban J connectivity index is 3.98. The zero-order chi connectivity index (χ0) is 31.1. The quantitative estimate of drug-likeness (QED) is 0.0431. The molecule has 0 aliphatic carbocycles. The van der Waals surface area contributed by atoms with E-state index in [0.717, 1.165) is 11.8 Å². The predicted octanol–water partition coefficient (Wildman–Crippen LogP) is 14.0. The van der Waals surface area contributed by atoms with Crippen molar-refractivity contribution in [1.29, 1.82) is 0 Å². The van der Waals surface area contributed by atoms with Crippen LogP contribution in [-0.2, 0) is 9.53 Å². The number of ether oxygens (including phenoxy) is 1. The number of esters is 1. The molecular weight excluding hydrogens is 512 g/mol. The molecule has 0 aromatic heterocycles. The van der Waals surface area contributed by atoms with Crippen LogP contribution in [0.15, 0.2) is 12.2 Å². The Morgan fingerprint density at radius 2 is 0.786 bits per heavy atom. The molecule has 0 bridgehead atoms. The lowest BCUT2D eigenvalue weighted by Gasteiger charge is -2.18. The number of carbonyl (C=O) groups excluding carboxylic acids is 1. The van der Waals surface area contributed by atoms with Gasteiger partial charge in [-0.2, -0.15) is 0 Å². The standard InChI is InChI=1S/C40H78O2/c1-7-9-11-13-15-17-19-23-29-37(5)31-25-21-22-26-33-39(35-42-40(41)36(3)4)34-28-27-32-38(6)30-24-20-18-16-14-12-10-8-2/h37-39H,3,7-35H2,1-2,4-6H3. The first kappa shape index (κ1) is 41.2. The monoisotopic (exact) mass is 591 g/mol. The predicted molar refractivity (Wildman–Crippen MR) is 188 cm³/mol. The van der Waals surface area contributed by atoms with Crippen LogP contribution in [0.1, 0.15) is 214 Å². The first-order valence-electron chi connectivity index (χ1n) is 19.2. The highest BCUT2D eigenvalue weighted by atomic mass is 16.5. The van der Waals surface area contributed by atoms with Crippen LogP contribution in [0.3, 0.4) is 0 Å². The second kappa shape index (κ2) is 31.6. The maximum absolute atomic E-state index is 12.0. The number of rotatable bonds is 33. The zero-order valence-corrected chi connectivity index (χ0v) is 29.8. The van der Waals surface area contributed by atoms with Crippen molar-refractivity contribution in [2.24, 2.45) is 17.8 Å². The number of unbranched alkanes of at least 4 members (excludes halogenated alkanes) is 18. The summed E-state index contributed by atoms with van der Waals surface area (Å²) in [6, 6.07) is 0. The van der Waals surface area contributed by atoms with Crippen molar-refractivity contribution in [3.63, 3.8) is 0 Å². The van der Waals surface area contributed by atoms with Gasteiger partial charge in [0.15, 0.2) is 0 Å². The Morgan fingerprint density at radius 3 is 1.14 bits per heavy atom. The van der Waals surface area contributed by atoms with Crippen LogP contribution in [0.2, 0.25) is 0 Å². The molecule has 0 amide bonds. The smallest absolute Gasteiger partial charge is 0.333 e. The molecule has 2 heteroatoms. The summed E-state index contributed by atoms with van der Waals surface area (Å²) in [7, 11) is 0. The Morgan fingerprint density at radius 1 is 0.500 bits per heavy atom. The van der Waals surface area contributed by atoms with E-state index < -0.39 is 0 Å². The second-order valence-electron chi connectivity index (χ2n) is 14.3. The lowest BCUT2D eigenvalue weighted by molar-refractivity contribution is -0.140. The fraction of sp³-hybridized carbons (Fsp3) is 0.925. The van der Waals surface area contributed by atoms with E-state index in [4.69, 9.17) is 4.74 Å². The molecule has 42 heavy (non-hydrogen) atoms. The third-order valence-electron chi connectivity index (χ3n) is 9.52. The molecule has 0 saturated carbocycles. The van der Waals surface area contributed by atoms with Crippen LogP contribution in [0.5, 0.6) is 0 Å². The summed E-state index contributed by atoms with van der Waals surface area (Å²) in [4.78, 5) is 12.0. The van der Waals surface area contributed by atoms with Crippen molar-refractivity contribution in [2.75, 3.05) is 6.61 Å². The maximum atomic E-state index is 12.0. The molecule has 0 N–H and O–H groups in total. The minimum absolute atomic E-state index is 0.218. The summed E-state index contributed by atoms with van der Waals surface area (Å²) >= 11 is 0. The SMILES string of the molecule is C=C(C)C(=O)OCC(CCCCCCC(C)CCCCCCCCCC)CCCCC(C)CCCCCCCCCC. The van der Waals surface area contributed by atoms with Crippen molar-refractivity contribution in [3.05, 3.63) is 12.2 Å². The lowest BCUT2D eigenvalue weighted by Crippen LogP contribution is -2.15. The first-order chi connectivity index (χ1) is 20.4. The molecule has 0 aromatic carbocycles.